The number of carbonyl (C=O) groups is 1. The number of anilines is 1. The number of amides is 1. The Morgan fingerprint density at radius 1 is 1.08 bits per heavy atom. The lowest BCUT2D eigenvalue weighted by Crippen LogP contribution is -2.09. The fourth-order valence-corrected chi connectivity index (χ4v) is 2.61. The topological polar surface area (TPSA) is 46.9 Å². The summed E-state index contributed by atoms with van der Waals surface area (Å²) in [6.45, 7) is 3.84. The number of halogens is 1. The molecule has 0 spiro atoms. The van der Waals surface area contributed by atoms with E-state index in [1.165, 1.54) is 18.2 Å². The van der Waals surface area contributed by atoms with Gasteiger partial charge >= 0.3 is 0 Å². The maximum Gasteiger partial charge on any atom is 0.248 e. The summed E-state index contributed by atoms with van der Waals surface area (Å²) in [6, 6.07) is 15.8. The average molecular weight is 335 g/mol. The first kappa shape index (κ1) is 16.6. The van der Waals surface area contributed by atoms with E-state index in [2.05, 4.69) is 10.4 Å². The quantitative estimate of drug-likeness (QED) is 0.723. The Bertz CT molecular complexity index is 929. The van der Waals surface area contributed by atoms with Crippen molar-refractivity contribution in [3.05, 3.63) is 83.4 Å². The van der Waals surface area contributed by atoms with E-state index in [0.717, 1.165) is 22.6 Å². The van der Waals surface area contributed by atoms with Crippen molar-refractivity contribution in [1.82, 2.24) is 9.78 Å². The van der Waals surface area contributed by atoms with E-state index in [9.17, 15) is 9.18 Å². The van der Waals surface area contributed by atoms with Crippen molar-refractivity contribution < 1.29 is 9.18 Å². The molecule has 0 saturated carbocycles. The van der Waals surface area contributed by atoms with Crippen LogP contribution in [0.15, 0.2) is 60.7 Å². The van der Waals surface area contributed by atoms with Crippen LogP contribution in [0.5, 0.6) is 0 Å². The predicted octanol–water partition coefficient (Wildman–Crippen LogP) is 4.28. The van der Waals surface area contributed by atoms with Gasteiger partial charge < -0.3 is 5.32 Å². The number of nitrogens with zero attached hydrogens (tertiary/aromatic N) is 2. The molecule has 2 aromatic carbocycles. The van der Waals surface area contributed by atoms with Gasteiger partial charge in [-0.3, -0.25) is 4.79 Å². The maximum atomic E-state index is 13.6. The zero-order valence-electron chi connectivity index (χ0n) is 14.0. The lowest BCUT2D eigenvalue weighted by atomic mass is 10.2. The van der Waals surface area contributed by atoms with Crippen LogP contribution in [0.4, 0.5) is 10.1 Å². The third kappa shape index (κ3) is 3.66. The van der Waals surface area contributed by atoms with Crippen LogP contribution in [-0.4, -0.2) is 15.7 Å². The summed E-state index contributed by atoms with van der Waals surface area (Å²) in [5.74, 6) is -0.857. The van der Waals surface area contributed by atoms with Gasteiger partial charge in [-0.2, -0.15) is 5.10 Å². The number of rotatable bonds is 4. The highest BCUT2D eigenvalue weighted by Gasteiger charge is 2.11. The van der Waals surface area contributed by atoms with Gasteiger partial charge in [-0.1, -0.05) is 30.3 Å². The lowest BCUT2D eigenvalue weighted by molar-refractivity contribution is -0.111. The van der Waals surface area contributed by atoms with Crippen LogP contribution < -0.4 is 5.32 Å². The molecule has 1 N–H and O–H groups in total. The van der Waals surface area contributed by atoms with Crippen molar-refractivity contribution in [3.8, 4) is 5.69 Å². The van der Waals surface area contributed by atoms with Crippen molar-refractivity contribution in [3.63, 3.8) is 0 Å². The SMILES string of the molecule is Cc1nn(-c2ccccc2)c(C)c1/C=C/C(=O)Nc1ccccc1F. The van der Waals surface area contributed by atoms with E-state index >= 15 is 0 Å². The number of benzene rings is 2. The normalized spacial score (nSPS) is 11.0. The molecule has 0 bridgehead atoms. The van der Waals surface area contributed by atoms with Crippen LogP contribution in [0.1, 0.15) is 17.0 Å². The fraction of sp³-hybridized carbons (Fsp3) is 0.100. The van der Waals surface area contributed by atoms with E-state index in [1.807, 2.05) is 48.9 Å². The highest BCUT2D eigenvalue weighted by atomic mass is 19.1. The number of hydrogen-bond donors (Lipinski definition) is 1. The Balaban J connectivity index is 1.81. The van der Waals surface area contributed by atoms with Crippen LogP contribution >= 0.6 is 0 Å². The van der Waals surface area contributed by atoms with Crippen molar-refractivity contribution >= 4 is 17.7 Å². The largest absolute Gasteiger partial charge is 0.320 e. The highest BCUT2D eigenvalue weighted by Crippen LogP contribution is 2.19. The minimum atomic E-state index is -0.464. The summed E-state index contributed by atoms with van der Waals surface area (Å²) in [5.41, 5.74) is 3.73. The zero-order chi connectivity index (χ0) is 17.8. The minimum absolute atomic E-state index is 0.158. The smallest absolute Gasteiger partial charge is 0.248 e. The first-order chi connectivity index (χ1) is 12.1. The van der Waals surface area contributed by atoms with Crippen LogP contribution in [0.3, 0.4) is 0 Å². The van der Waals surface area contributed by atoms with Crippen LogP contribution in [-0.2, 0) is 4.79 Å². The summed E-state index contributed by atoms with van der Waals surface area (Å²) in [6.07, 6.45) is 3.09. The minimum Gasteiger partial charge on any atom is -0.320 e. The van der Waals surface area contributed by atoms with E-state index in [0.29, 0.717) is 0 Å². The molecule has 0 aliphatic carbocycles. The molecular weight excluding hydrogens is 317 g/mol. The molecule has 5 heteroatoms. The summed E-state index contributed by atoms with van der Waals surface area (Å²) in [5, 5.41) is 7.06. The summed E-state index contributed by atoms with van der Waals surface area (Å²) in [7, 11) is 0. The number of nitrogens with one attached hydrogen (secondary N) is 1. The average Bonchev–Trinajstić information content (AvgIpc) is 2.90. The Morgan fingerprint density at radius 3 is 2.48 bits per heavy atom. The molecule has 0 aliphatic heterocycles. The van der Waals surface area contributed by atoms with Crippen molar-refractivity contribution in [2.24, 2.45) is 0 Å². The second kappa shape index (κ2) is 7.13. The van der Waals surface area contributed by atoms with Gasteiger partial charge in [0.15, 0.2) is 0 Å². The van der Waals surface area contributed by atoms with Crippen molar-refractivity contribution in [2.45, 2.75) is 13.8 Å². The molecule has 1 amide bonds. The van der Waals surface area contributed by atoms with Gasteiger partial charge in [0.25, 0.3) is 0 Å². The third-order valence-electron chi connectivity index (χ3n) is 3.88. The summed E-state index contributed by atoms with van der Waals surface area (Å²) >= 11 is 0. The van der Waals surface area contributed by atoms with Crippen LogP contribution in [0.2, 0.25) is 0 Å². The van der Waals surface area contributed by atoms with Gasteiger partial charge in [0, 0.05) is 17.3 Å². The van der Waals surface area contributed by atoms with Gasteiger partial charge in [-0.05, 0) is 44.2 Å². The second-order valence-electron chi connectivity index (χ2n) is 5.63. The highest BCUT2D eigenvalue weighted by molar-refractivity contribution is 6.02. The molecule has 0 fully saturated rings. The number of para-hydroxylation sites is 2. The Labute approximate surface area is 145 Å². The van der Waals surface area contributed by atoms with Crippen molar-refractivity contribution in [1.29, 1.82) is 0 Å². The van der Waals surface area contributed by atoms with E-state index < -0.39 is 11.7 Å². The monoisotopic (exact) mass is 335 g/mol. The van der Waals surface area contributed by atoms with Gasteiger partial charge in [0.1, 0.15) is 5.82 Å². The first-order valence-electron chi connectivity index (χ1n) is 7.91. The summed E-state index contributed by atoms with van der Waals surface area (Å²) in [4.78, 5) is 12.0. The Hall–Kier alpha value is -3.21. The molecule has 0 aliphatic rings. The van der Waals surface area contributed by atoms with E-state index in [4.69, 9.17) is 0 Å². The Kier molecular flexibility index (Phi) is 4.75. The van der Waals surface area contributed by atoms with Crippen molar-refractivity contribution in [2.75, 3.05) is 5.32 Å². The van der Waals surface area contributed by atoms with Gasteiger partial charge in [-0.25, -0.2) is 9.07 Å². The molecule has 0 unspecified atom stereocenters. The van der Waals surface area contributed by atoms with E-state index in [-0.39, 0.29) is 5.69 Å². The molecule has 25 heavy (non-hydrogen) atoms. The standard InChI is InChI=1S/C20H18FN3O/c1-14-17(15(2)24(23-14)16-8-4-3-5-9-16)12-13-20(25)22-19-11-7-6-10-18(19)21/h3-13H,1-2H3,(H,22,25)/b13-12+. The fourth-order valence-electron chi connectivity index (χ4n) is 2.61. The number of hydrogen-bond acceptors (Lipinski definition) is 2. The molecule has 126 valence electrons. The first-order valence-corrected chi connectivity index (χ1v) is 7.91. The predicted molar refractivity (Wildman–Crippen MR) is 97.1 cm³/mol. The number of carbonyl (C=O) groups excluding carboxylic acids is 1. The van der Waals surface area contributed by atoms with Gasteiger partial charge in [0.05, 0.1) is 17.1 Å². The number of aryl methyl sites for hydroxylation is 1. The maximum absolute atomic E-state index is 13.6. The molecular formula is C20H18FN3O. The molecule has 0 saturated heterocycles. The molecule has 0 atom stereocenters. The van der Waals surface area contributed by atoms with Gasteiger partial charge in [0.2, 0.25) is 5.91 Å². The molecule has 3 aromatic rings. The second-order valence-corrected chi connectivity index (χ2v) is 5.63. The zero-order valence-corrected chi connectivity index (χ0v) is 14.0. The molecule has 4 nitrogen and oxygen atoms in total. The van der Waals surface area contributed by atoms with Crippen LogP contribution in [0.25, 0.3) is 11.8 Å². The summed E-state index contributed by atoms with van der Waals surface area (Å²) < 4.78 is 15.4. The third-order valence-corrected chi connectivity index (χ3v) is 3.88. The van der Waals surface area contributed by atoms with E-state index in [1.54, 1.807) is 18.2 Å². The number of aromatic nitrogens is 2. The van der Waals surface area contributed by atoms with Crippen LogP contribution in [0, 0.1) is 19.7 Å². The Morgan fingerprint density at radius 2 is 1.76 bits per heavy atom. The molecule has 0 radical (unpaired) electrons. The lowest BCUT2D eigenvalue weighted by Gasteiger charge is -2.04. The molecule has 1 heterocycles. The molecule has 1 aromatic heterocycles. The van der Waals surface area contributed by atoms with Gasteiger partial charge in [-0.15, -0.1) is 0 Å². The molecule has 3 rings (SSSR count).